The molecular formula is C15H17N5O3. The molecular weight excluding hydrogens is 298 g/mol. The third kappa shape index (κ3) is 2.83. The van der Waals surface area contributed by atoms with E-state index in [9.17, 15) is 9.59 Å². The third-order valence-electron chi connectivity index (χ3n) is 3.60. The van der Waals surface area contributed by atoms with E-state index < -0.39 is 0 Å². The fraction of sp³-hybridized carbons (Fsp3) is 0.267. The number of hydrogen-bond acceptors (Lipinski definition) is 4. The molecule has 1 aliphatic rings. The van der Waals surface area contributed by atoms with Crippen LogP contribution in [0.4, 0.5) is 16.4 Å². The summed E-state index contributed by atoms with van der Waals surface area (Å²) in [6.07, 6.45) is 0. The zero-order valence-electron chi connectivity index (χ0n) is 12.9. The first-order valence-electron chi connectivity index (χ1n) is 7.15. The lowest BCUT2D eigenvalue weighted by atomic mass is 10.2. The lowest BCUT2D eigenvalue weighted by Crippen LogP contribution is -2.29. The number of benzene rings is 1. The summed E-state index contributed by atoms with van der Waals surface area (Å²) in [6.45, 7) is 1.12. The first kappa shape index (κ1) is 14.9. The molecule has 1 aromatic heterocycles. The number of amides is 3. The molecule has 1 aromatic carbocycles. The number of methoxy groups -OCH3 is 1. The fourth-order valence-electron chi connectivity index (χ4n) is 2.46. The maximum absolute atomic E-state index is 12.7. The zero-order valence-corrected chi connectivity index (χ0v) is 12.9. The highest BCUT2D eigenvalue weighted by Gasteiger charge is 2.28. The van der Waals surface area contributed by atoms with Crippen LogP contribution in [0.15, 0.2) is 30.3 Å². The Morgan fingerprint density at radius 3 is 2.83 bits per heavy atom. The highest BCUT2D eigenvalue weighted by molar-refractivity contribution is 6.06. The van der Waals surface area contributed by atoms with Crippen molar-refractivity contribution in [3.63, 3.8) is 0 Å². The molecule has 8 nitrogen and oxygen atoms in total. The van der Waals surface area contributed by atoms with E-state index in [1.165, 1.54) is 7.05 Å². The number of ether oxygens (including phenoxy) is 1. The molecule has 0 bridgehead atoms. The molecule has 0 saturated heterocycles. The molecule has 23 heavy (non-hydrogen) atoms. The first-order chi connectivity index (χ1) is 11.1. The van der Waals surface area contributed by atoms with Crippen molar-refractivity contribution in [1.82, 2.24) is 15.1 Å². The number of urea groups is 1. The van der Waals surface area contributed by atoms with Gasteiger partial charge in [-0.15, -0.1) is 0 Å². The molecule has 0 atom stereocenters. The minimum absolute atomic E-state index is 0.131. The molecule has 120 valence electrons. The molecule has 0 aliphatic carbocycles. The van der Waals surface area contributed by atoms with Gasteiger partial charge < -0.3 is 10.1 Å². The average molecular weight is 315 g/mol. The molecule has 3 amide bonds. The molecule has 2 N–H and O–H groups in total. The number of hydrogen-bond donors (Lipinski definition) is 2. The normalized spacial score (nSPS) is 12.7. The van der Waals surface area contributed by atoms with Gasteiger partial charge in [0.1, 0.15) is 11.6 Å². The predicted molar refractivity (Wildman–Crippen MR) is 85.0 cm³/mol. The van der Waals surface area contributed by atoms with Crippen molar-refractivity contribution in [3.8, 4) is 5.75 Å². The summed E-state index contributed by atoms with van der Waals surface area (Å²) in [5, 5.41) is 9.32. The van der Waals surface area contributed by atoms with Crippen molar-refractivity contribution in [2.45, 2.75) is 6.54 Å². The van der Waals surface area contributed by atoms with Gasteiger partial charge in [0.15, 0.2) is 5.82 Å². The van der Waals surface area contributed by atoms with Crippen molar-refractivity contribution in [3.05, 3.63) is 35.9 Å². The van der Waals surface area contributed by atoms with Gasteiger partial charge in [0.05, 0.1) is 13.7 Å². The maximum Gasteiger partial charge on any atom is 0.320 e. The predicted octanol–water partition coefficient (Wildman–Crippen LogP) is 1.30. The number of aromatic nitrogens is 2. The van der Waals surface area contributed by atoms with Crippen molar-refractivity contribution >= 4 is 23.6 Å². The van der Waals surface area contributed by atoms with E-state index in [4.69, 9.17) is 4.74 Å². The number of carbonyl (C=O) groups is 2. The van der Waals surface area contributed by atoms with Crippen LogP contribution in [0.3, 0.4) is 0 Å². The number of nitrogens with zero attached hydrogens (tertiary/aromatic N) is 3. The van der Waals surface area contributed by atoms with E-state index in [-0.39, 0.29) is 11.9 Å². The van der Waals surface area contributed by atoms with Gasteiger partial charge >= 0.3 is 6.03 Å². The highest BCUT2D eigenvalue weighted by Crippen LogP contribution is 2.27. The van der Waals surface area contributed by atoms with Crippen molar-refractivity contribution in [1.29, 1.82) is 0 Å². The van der Waals surface area contributed by atoms with Gasteiger partial charge in [-0.1, -0.05) is 6.07 Å². The second kappa shape index (κ2) is 5.99. The Hall–Kier alpha value is -3.03. The minimum Gasteiger partial charge on any atom is -0.497 e. The lowest BCUT2D eigenvalue weighted by molar-refractivity contribution is 0.0989. The van der Waals surface area contributed by atoms with Crippen LogP contribution in [0.25, 0.3) is 0 Å². The zero-order chi connectivity index (χ0) is 16.4. The molecule has 8 heteroatoms. The molecule has 1 aliphatic heterocycles. The van der Waals surface area contributed by atoms with Crippen LogP contribution in [-0.2, 0) is 6.54 Å². The Balaban J connectivity index is 1.83. The Morgan fingerprint density at radius 2 is 2.09 bits per heavy atom. The van der Waals surface area contributed by atoms with Crippen LogP contribution in [-0.4, -0.2) is 42.4 Å². The molecule has 0 spiro atoms. The van der Waals surface area contributed by atoms with Crippen molar-refractivity contribution in [2.75, 3.05) is 30.9 Å². The smallest absolute Gasteiger partial charge is 0.320 e. The van der Waals surface area contributed by atoms with E-state index in [0.717, 1.165) is 0 Å². The third-order valence-corrected chi connectivity index (χ3v) is 3.60. The summed E-state index contributed by atoms with van der Waals surface area (Å²) in [5.74, 6) is 1.56. The Kier molecular flexibility index (Phi) is 3.88. The van der Waals surface area contributed by atoms with Gasteiger partial charge in [0.25, 0.3) is 5.91 Å². The topological polar surface area (TPSA) is 88.5 Å². The summed E-state index contributed by atoms with van der Waals surface area (Å²) in [6, 6.07) is 8.33. The van der Waals surface area contributed by atoms with Gasteiger partial charge in [0, 0.05) is 25.2 Å². The quantitative estimate of drug-likeness (QED) is 0.893. The monoisotopic (exact) mass is 315 g/mol. The largest absolute Gasteiger partial charge is 0.497 e. The second-order valence-electron chi connectivity index (χ2n) is 5.00. The standard InChI is InChI=1S/C15H17N5O3/c1-16-15(22)17-12-9-13-19(6-7-20(13)18-12)14(21)10-4-3-5-11(8-10)23-2/h3-5,8-9H,6-7H2,1-2H3,(H2,16,17,18,22). The summed E-state index contributed by atoms with van der Waals surface area (Å²) in [4.78, 5) is 25.7. The van der Waals surface area contributed by atoms with Crippen LogP contribution >= 0.6 is 0 Å². The molecule has 3 rings (SSSR count). The molecule has 0 fully saturated rings. The molecule has 0 radical (unpaired) electrons. The van der Waals surface area contributed by atoms with Crippen molar-refractivity contribution < 1.29 is 14.3 Å². The Labute approximate surface area is 133 Å². The van der Waals surface area contributed by atoms with Crippen LogP contribution in [0, 0.1) is 0 Å². The van der Waals surface area contributed by atoms with Gasteiger partial charge in [-0.2, -0.15) is 5.10 Å². The summed E-state index contributed by atoms with van der Waals surface area (Å²) >= 11 is 0. The van der Waals surface area contributed by atoms with Crippen LogP contribution in [0.1, 0.15) is 10.4 Å². The molecule has 0 unspecified atom stereocenters. The van der Waals surface area contributed by atoms with E-state index in [1.807, 2.05) is 0 Å². The van der Waals surface area contributed by atoms with Gasteiger partial charge in [0.2, 0.25) is 0 Å². The molecule has 2 aromatic rings. The minimum atomic E-state index is -0.354. The van der Waals surface area contributed by atoms with Crippen molar-refractivity contribution in [2.24, 2.45) is 0 Å². The van der Waals surface area contributed by atoms with Gasteiger partial charge in [-0.05, 0) is 18.2 Å². The molecule has 2 heterocycles. The van der Waals surface area contributed by atoms with Gasteiger partial charge in [-0.3, -0.25) is 15.0 Å². The Morgan fingerprint density at radius 1 is 1.26 bits per heavy atom. The fourth-order valence-corrected chi connectivity index (χ4v) is 2.46. The second-order valence-corrected chi connectivity index (χ2v) is 5.00. The van der Waals surface area contributed by atoms with E-state index >= 15 is 0 Å². The highest BCUT2D eigenvalue weighted by atomic mass is 16.5. The number of carbonyl (C=O) groups excluding carboxylic acids is 2. The van der Waals surface area contributed by atoms with E-state index in [2.05, 4.69) is 15.7 Å². The number of fused-ring (bicyclic) bond motifs is 1. The molecule has 0 saturated carbocycles. The van der Waals surface area contributed by atoms with Crippen LogP contribution < -0.4 is 20.3 Å². The number of rotatable bonds is 3. The van der Waals surface area contributed by atoms with Gasteiger partial charge in [-0.25, -0.2) is 9.48 Å². The average Bonchev–Trinajstić information content (AvgIpc) is 3.14. The van der Waals surface area contributed by atoms with E-state index in [0.29, 0.717) is 36.0 Å². The van der Waals surface area contributed by atoms with E-state index in [1.54, 1.807) is 47.0 Å². The maximum atomic E-state index is 12.7. The summed E-state index contributed by atoms with van der Waals surface area (Å²) < 4.78 is 6.85. The lowest BCUT2D eigenvalue weighted by Gasteiger charge is -2.15. The van der Waals surface area contributed by atoms with Crippen LogP contribution in [0.2, 0.25) is 0 Å². The summed E-state index contributed by atoms with van der Waals surface area (Å²) in [5.41, 5.74) is 0.541. The number of anilines is 2. The summed E-state index contributed by atoms with van der Waals surface area (Å²) in [7, 11) is 3.09. The first-order valence-corrected chi connectivity index (χ1v) is 7.15. The SMILES string of the molecule is CNC(=O)Nc1cc2n(n1)CCN2C(=O)c1cccc(OC)c1. The van der Waals surface area contributed by atoms with Crippen LogP contribution in [0.5, 0.6) is 5.75 Å². The Bertz CT molecular complexity index is 755. The number of nitrogens with one attached hydrogen (secondary N) is 2.